The van der Waals surface area contributed by atoms with E-state index in [1.54, 1.807) is 12.1 Å². The standard InChI is InChI=1S/C17H28N4O3S/c1-15(22)19-16-5-7-17(8-6-16)25(23,24)18-9-3-4-10-21-13-11-20(2)12-14-21/h5-8,18H,3-4,9-14H2,1-2H3,(H,19,22). The van der Waals surface area contributed by atoms with Gasteiger partial charge in [-0.25, -0.2) is 13.1 Å². The Morgan fingerprint density at radius 2 is 1.72 bits per heavy atom. The Balaban J connectivity index is 1.71. The topological polar surface area (TPSA) is 81.7 Å². The molecule has 1 aliphatic heterocycles. The van der Waals surface area contributed by atoms with E-state index in [9.17, 15) is 13.2 Å². The summed E-state index contributed by atoms with van der Waals surface area (Å²) in [5.41, 5.74) is 0.582. The minimum absolute atomic E-state index is 0.186. The summed E-state index contributed by atoms with van der Waals surface area (Å²) in [5.74, 6) is -0.186. The van der Waals surface area contributed by atoms with Gasteiger partial charge in [0.25, 0.3) is 0 Å². The largest absolute Gasteiger partial charge is 0.326 e. The van der Waals surface area contributed by atoms with Gasteiger partial charge in [0, 0.05) is 45.3 Å². The van der Waals surface area contributed by atoms with Gasteiger partial charge in [-0.15, -0.1) is 0 Å². The molecule has 1 amide bonds. The second-order valence-electron chi connectivity index (χ2n) is 6.46. The van der Waals surface area contributed by atoms with Crippen molar-refractivity contribution >= 4 is 21.6 Å². The first-order valence-corrected chi connectivity index (χ1v) is 10.1. The molecule has 1 aromatic carbocycles. The summed E-state index contributed by atoms with van der Waals surface area (Å²) in [7, 11) is -1.37. The Morgan fingerprint density at radius 3 is 2.32 bits per heavy atom. The fourth-order valence-electron chi connectivity index (χ4n) is 2.74. The third kappa shape index (κ3) is 6.74. The molecular formula is C17H28N4O3S. The van der Waals surface area contributed by atoms with Crippen molar-refractivity contribution in [3.63, 3.8) is 0 Å². The third-order valence-corrected chi connectivity index (χ3v) is 5.75. The van der Waals surface area contributed by atoms with Crippen LogP contribution in [0.25, 0.3) is 0 Å². The monoisotopic (exact) mass is 368 g/mol. The highest BCUT2D eigenvalue weighted by molar-refractivity contribution is 7.89. The van der Waals surface area contributed by atoms with Crippen LogP contribution in [0.1, 0.15) is 19.8 Å². The molecule has 1 fully saturated rings. The van der Waals surface area contributed by atoms with Crippen LogP contribution in [-0.4, -0.2) is 70.4 Å². The van der Waals surface area contributed by atoms with Crippen LogP contribution in [0, 0.1) is 0 Å². The van der Waals surface area contributed by atoms with Crippen molar-refractivity contribution in [2.24, 2.45) is 0 Å². The number of benzene rings is 1. The van der Waals surface area contributed by atoms with Gasteiger partial charge in [-0.3, -0.25) is 4.79 Å². The van der Waals surface area contributed by atoms with Gasteiger partial charge >= 0.3 is 0 Å². The van der Waals surface area contributed by atoms with Gasteiger partial charge in [0.2, 0.25) is 15.9 Å². The molecule has 0 bridgehead atoms. The Morgan fingerprint density at radius 1 is 1.08 bits per heavy atom. The number of sulfonamides is 1. The lowest BCUT2D eigenvalue weighted by atomic mass is 10.2. The van der Waals surface area contributed by atoms with Gasteiger partial charge in [-0.2, -0.15) is 0 Å². The number of nitrogens with one attached hydrogen (secondary N) is 2. The zero-order valence-electron chi connectivity index (χ0n) is 15.0. The molecule has 25 heavy (non-hydrogen) atoms. The van der Waals surface area contributed by atoms with E-state index in [0.717, 1.165) is 45.6 Å². The maximum atomic E-state index is 12.3. The Bertz CT molecular complexity index is 653. The summed E-state index contributed by atoms with van der Waals surface area (Å²) < 4.78 is 27.1. The average Bonchev–Trinajstić information content (AvgIpc) is 2.56. The number of likely N-dealkylation sites (N-methyl/N-ethyl adjacent to an activating group) is 1. The zero-order valence-corrected chi connectivity index (χ0v) is 15.8. The van der Waals surface area contributed by atoms with Crippen LogP contribution in [0.3, 0.4) is 0 Å². The van der Waals surface area contributed by atoms with E-state index in [1.165, 1.54) is 19.1 Å². The van der Waals surface area contributed by atoms with Crippen molar-refractivity contribution in [2.75, 3.05) is 51.6 Å². The van der Waals surface area contributed by atoms with Crippen LogP contribution < -0.4 is 10.0 Å². The lowest BCUT2D eigenvalue weighted by Crippen LogP contribution is -2.44. The molecule has 2 rings (SSSR count). The first-order valence-electron chi connectivity index (χ1n) is 8.65. The lowest BCUT2D eigenvalue weighted by Gasteiger charge is -2.32. The van der Waals surface area contributed by atoms with Crippen LogP contribution >= 0.6 is 0 Å². The fraction of sp³-hybridized carbons (Fsp3) is 0.588. The number of nitrogens with zero attached hydrogens (tertiary/aromatic N) is 2. The molecule has 1 saturated heterocycles. The van der Waals surface area contributed by atoms with E-state index in [-0.39, 0.29) is 10.8 Å². The molecule has 0 saturated carbocycles. The summed E-state index contributed by atoms with van der Waals surface area (Å²) in [6, 6.07) is 6.17. The first kappa shape index (κ1) is 19.8. The molecule has 0 aromatic heterocycles. The van der Waals surface area contributed by atoms with Crippen molar-refractivity contribution in [1.82, 2.24) is 14.5 Å². The number of carbonyl (C=O) groups excluding carboxylic acids is 1. The highest BCUT2D eigenvalue weighted by Gasteiger charge is 2.15. The Hall–Kier alpha value is -1.48. The molecule has 7 nitrogen and oxygen atoms in total. The summed E-state index contributed by atoms with van der Waals surface area (Å²) >= 11 is 0. The quantitative estimate of drug-likeness (QED) is 0.668. The van der Waals surface area contributed by atoms with Crippen LogP contribution in [0.4, 0.5) is 5.69 Å². The summed E-state index contributed by atoms with van der Waals surface area (Å²) in [4.78, 5) is 15.9. The molecule has 140 valence electrons. The molecule has 8 heteroatoms. The van der Waals surface area contributed by atoms with E-state index >= 15 is 0 Å². The maximum absolute atomic E-state index is 12.3. The van der Waals surface area contributed by atoms with E-state index in [2.05, 4.69) is 26.9 Å². The Labute approximate surface area is 150 Å². The van der Waals surface area contributed by atoms with Crippen molar-refractivity contribution < 1.29 is 13.2 Å². The predicted molar refractivity (Wildman–Crippen MR) is 99.1 cm³/mol. The molecule has 0 unspecified atom stereocenters. The predicted octanol–water partition coefficient (Wildman–Crippen LogP) is 0.951. The van der Waals surface area contributed by atoms with Crippen molar-refractivity contribution in [3.05, 3.63) is 24.3 Å². The number of unbranched alkanes of at least 4 members (excludes halogenated alkanes) is 1. The zero-order chi connectivity index (χ0) is 18.3. The molecule has 0 aliphatic carbocycles. The van der Waals surface area contributed by atoms with Gasteiger partial charge in [0.05, 0.1) is 4.90 Å². The summed E-state index contributed by atoms with van der Waals surface area (Å²) in [6.45, 7) is 7.23. The number of hydrogen-bond acceptors (Lipinski definition) is 5. The van der Waals surface area contributed by atoms with Crippen LogP contribution in [-0.2, 0) is 14.8 Å². The Kier molecular flexibility index (Phi) is 7.37. The second-order valence-corrected chi connectivity index (χ2v) is 8.22. The number of amides is 1. The van der Waals surface area contributed by atoms with Gasteiger partial charge in [-0.05, 0) is 50.7 Å². The van der Waals surface area contributed by atoms with Crippen molar-refractivity contribution in [2.45, 2.75) is 24.7 Å². The molecular weight excluding hydrogens is 340 g/mol. The van der Waals surface area contributed by atoms with Gasteiger partial charge in [0.1, 0.15) is 0 Å². The van der Waals surface area contributed by atoms with Crippen molar-refractivity contribution in [3.8, 4) is 0 Å². The van der Waals surface area contributed by atoms with E-state index in [0.29, 0.717) is 12.2 Å². The molecule has 1 heterocycles. The van der Waals surface area contributed by atoms with E-state index < -0.39 is 10.0 Å². The normalized spacial score (nSPS) is 16.7. The SMILES string of the molecule is CC(=O)Nc1ccc(S(=O)(=O)NCCCCN2CCN(C)CC2)cc1. The van der Waals surface area contributed by atoms with Crippen LogP contribution in [0.2, 0.25) is 0 Å². The molecule has 0 spiro atoms. The molecule has 1 aliphatic rings. The fourth-order valence-corrected chi connectivity index (χ4v) is 3.82. The van der Waals surface area contributed by atoms with Crippen molar-refractivity contribution in [1.29, 1.82) is 0 Å². The molecule has 2 N–H and O–H groups in total. The lowest BCUT2D eigenvalue weighted by molar-refractivity contribution is -0.114. The van der Waals surface area contributed by atoms with E-state index in [4.69, 9.17) is 0 Å². The second kappa shape index (κ2) is 9.28. The highest BCUT2D eigenvalue weighted by Crippen LogP contribution is 2.14. The van der Waals surface area contributed by atoms with Crippen LogP contribution in [0.15, 0.2) is 29.2 Å². The van der Waals surface area contributed by atoms with Gasteiger partial charge in [0.15, 0.2) is 0 Å². The average molecular weight is 369 g/mol. The minimum Gasteiger partial charge on any atom is -0.326 e. The maximum Gasteiger partial charge on any atom is 0.240 e. The first-order chi connectivity index (χ1) is 11.9. The molecule has 0 radical (unpaired) electrons. The van der Waals surface area contributed by atoms with Gasteiger partial charge in [-0.1, -0.05) is 0 Å². The molecule has 0 atom stereocenters. The number of rotatable bonds is 8. The number of anilines is 1. The smallest absolute Gasteiger partial charge is 0.240 e. The van der Waals surface area contributed by atoms with Gasteiger partial charge < -0.3 is 15.1 Å². The van der Waals surface area contributed by atoms with Crippen LogP contribution in [0.5, 0.6) is 0 Å². The number of piperazine rings is 1. The highest BCUT2D eigenvalue weighted by atomic mass is 32.2. The minimum atomic E-state index is -3.50. The number of carbonyl (C=O) groups is 1. The third-order valence-electron chi connectivity index (χ3n) is 4.27. The molecule has 1 aromatic rings. The summed E-state index contributed by atoms with van der Waals surface area (Å²) in [5, 5.41) is 2.62. The van der Waals surface area contributed by atoms with E-state index in [1.807, 2.05) is 0 Å². The number of hydrogen-bond donors (Lipinski definition) is 2. The summed E-state index contributed by atoms with van der Waals surface area (Å²) in [6.07, 6.45) is 1.79.